The summed E-state index contributed by atoms with van der Waals surface area (Å²) >= 11 is 0. The first-order valence-electron chi connectivity index (χ1n) is 5.33. The fraction of sp³-hybridized carbons (Fsp3) is 0. The Kier molecular flexibility index (Phi) is 2.26. The van der Waals surface area contributed by atoms with Crippen LogP contribution in [0.5, 0.6) is 0 Å². The van der Waals surface area contributed by atoms with Crippen LogP contribution in [-0.2, 0) is 0 Å². The maximum atomic E-state index is 12.0. The van der Waals surface area contributed by atoms with Gasteiger partial charge in [0, 0.05) is 0 Å². The highest BCUT2D eigenvalue weighted by Crippen LogP contribution is 2.17. The van der Waals surface area contributed by atoms with Gasteiger partial charge in [-0.25, -0.2) is 9.36 Å². The van der Waals surface area contributed by atoms with Gasteiger partial charge >= 0.3 is 5.69 Å². The van der Waals surface area contributed by atoms with Crippen molar-refractivity contribution in [2.75, 3.05) is 5.73 Å². The standard InChI is InChI=1S/C12H9N5O/c13-10-9-6-7-14-16-11(9)15-12(18)17(10)8-4-2-1-3-5-8/h1-7H,13H2. The van der Waals surface area contributed by atoms with Gasteiger partial charge in [0.05, 0.1) is 17.3 Å². The summed E-state index contributed by atoms with van der Waals surface area (Å²) in [6.07, 6.45) is 1.51. The van der Waals surface area contributed by atoms with Crippen LogP contribution in [0.25, 0.3) is 16.7 Å². The number of nitrogens with zero attached hydrogens (tertiary/aromatic N) is 4. The predicted molar refractivity (Wildman–Crippen MR) is 67.3 cm³/mol. The van der Waals surface area contributed by atoms with Gasteiger partial charge in [0.25, 0.3) is 0 Å². The lowest BCUT2D eigenvalue weighted by Gasteiger charge is -2.09. The molecule has 0 saturated heterocycles. The maximum Gasteiger partial charge on any atom is 0.355 e. The highest BCUT2D eigenvalue weighted by Gasteiger charge is 2.10. The van der Waals surface area contributed by atoms with Crippen LogP contribution in [0.15, 0.2) is 47.4 Å². The Balaban J connectivity index is 2.41. The Morgan fingerprint density at radius 3 is 2.67 bits per heavy atom. The van der Waals surface area contributed by atoms with Crippen molar-refractivity contribution in [1.29, 1.82) is 0 Å². The topological polar surface area (TPSA) is 86.7 Å². The molecule has 0 saturated carbocycles. The lowest BCUT2D eigenvalue weighted by atomic mass is 10.3. The molecule has 2 aromatic heterocycles. The number of para-hydroxylation sites is 1. The molecule has 0 radical (unpaired) electrons. The van der Waals surface area contributed by atoms with Crippen molar-refractivity contribution in [3.05, 3.63) is 53.1 Å². The lowest BCUT2D eigenvalue weighted by Crippen LogP contribution is -2.24. The van der Waals surface area contributed by atoms with Crippen LogP contribution < -0.4 is 11.4 Å². The second-order valence-electron chi connectivity index (χ2n) is 3.72. The number of hydrogen-bond donors (Lipinski definition) is 1. The highest BCUT2D eigenvalue weighted by molar-refractivity contribution is 5.85. The Morgan fingerprint density at radius 2 is 1.89 bits per heavy atom. The van der Waals surface area contributed by atoms with Gasteiger partial charge in [0.2, 0.25) is 0 Å². The van der Waals surface area contributed by atoms with Crippen LogP contribution in [0.3, 0.4) is 0 Å². The monoisotopic (exact) mass is 239 g/mol. The number of rotatable bonds is 1. The Labute approximate surface area is 102 Å². The van der Waals surface area contributed by atoms with E-state index in [1.165, 1.54) is 10.8 Å². The molecule has 0 bridgehead atoms. The molecule has 1 aromatic carbocycles. The zero-order valence-electron chi connectivity index (χ0n) is 9.32. The van der Waals surface area contributed by atoms with Crippen LogP contribution in [0.1, 0.15) is 0 Å². The fourth-order valence-corrected chi connectivity index (χ4v) is 1.80. The van der Waals surface area contributed by atoms with E-state index < -0.39 is 5.69 Å². The smallest absolute Gasteiger partial charge is 0.355 e. The summed E-state index contributed by atoms with van der Waals surface area (Å²) < 4.78 is 1.35. The minimum atomic E-state index is -0.466. The molecule has 0 aliphatic heterocycles. The minimum Gasteiger partial charge on any atom is -0.384 e. The molecular formula is C12H9N5O. The van der Waals surface area contributed by atoms with E-state index in [-0.39, 0.29) is 5.65 Å². The van der Waals surface area contributed by atoms with Crippen LogP contribution in [0, 0.1) is 0 Å². The molecule has 0 aliphatic carbocycles. The molecule has 0 fully saturated rings. The molecule has 3 rings (SSSR count). The van der Waals surface area contributed by atoms with Crippen LogP contribution in [0.2, 0.25) is 0 Å². The predicted octanol–water partition coefficient (Wildman–Crippen LogP) is 0.758. The summed E-state index contributed by atoms with van der Waals surface area (Å²) in [4.78, 5) is 15.8. The van der Waals surface area contributed by atoms with Crippen molar-refractivity contribution in [2.45, 2.75) is 0 Å². The second-order valence-corrected chi connectivity index (χ2v) is 3.72. The van der Waals surface area contributed by atoms with Gasteiger partial charge in [-0.05, 0) is 18.2 Å². The highest BCUT2D eigenvalue weighted by atomic mass is 16.1. The van der Waals surface area contributed by atoms with E-state index in [2.05, 4.69) is 15.2 Å². The Hall–Kier alpha value is -2.76. The van der Waals surface area contributed by atoms with Crippen LogP contribution >= 0.6 is 0 Å². The summed E-state index contributed by atoms with van der Waals surface area (Å²) in [7, 11) is 0. The van der Waals surface area contributed by atoms with Crippen molar-refractivity contribution >= 4 is 16.9 Å². The summed E-state index contributed by atoms with van der Waals surface area (Å²) in [6.45, 7) is 0. The largest absolute Gasteiger partial charge is 0.384 e. The average molecular weight is 239 g/mol. The quantitative estimate of drug-likeness (QED) is 0.677. The van der Waals surface area contributed by atoms with Gasteiger partial charge < -0.3 is 5.73 Å². The normalized spacial score (nSPS) is 10.7. The number of fused-ring (bicyclic) bond motifs is 1. The molecule has 0 amide bonds. The van der Waals surface area contributed by atoms with Crippen molar-refractivity contribution in [2.24, 2.45) is 0 Å². The average Bonchev–Trinajstić information content (AvgIpc) is 2.40. The van der Waals surface area contributed by atoms with Crippen LogP contribution in [-0.4, -0.2) is 19.7 Å². The Morgan fingerprint density at radius 1 is 1.11 bits per heavy atom. The van der Waals surface area contributed by atoms with Gasteiger partial charge in [0.1, 0.15) is 5.82 Å². The molecule has 0 aliphatic rings. The van der Waals surface area contributed by atoms with E-state index in [1.807, 2.05) is 18.2 Å². The van der Waals surface area contributed by atoms with Gasteiger partial charge in [-0.15, -0.1) is 5.10 Å². The molecule has 2 heterocycles. The maximum absolute atomic E-state index is 12.0. The second kappa shape index (κ2) is 3.92. The van der Waals surface area contributed by atoms with Crippen molar-refractivity contribution in [1.82, 2.24) is 19.7 Å². The third-order valence-electron chi connectivity index (χ3n) is 2.63. The van der Waals surface area contributed by atoms with Gasteiger partial charge in [-0.3, -0.25) is 0 Å². The third kappa shape index (κ3) is 1.51. The van der Waals surface area contributed by atoms with Gasteiger partial charge in [0.15, 0.2) is 5.65 Å². The third-order valence-corrected chi connectivity index (χ3v) is 2.63. The molecule has 18 heavy (non-hydrogen) atoms. The summed E-state index contributed by atoms with van der Waals surface area (Å²) in [5, 5.41) is 8.07. The molecule has 6 heteroatoms. The summed E-state index contributed by atoms with van der Waals surface area (Å²) in [5.74, 6) is 0.311. The van der Waals surface area contributed by atoms with E-state index in [4.69, 9.17) is 5.73 Å². The van der Waals surface area contributed by atoms with E-state index in [1.54, 1.807) is 18.2 Å². The first-order valence-corrected chi connectivity index (χ1v) is 5.33. The number of hydrogen-bond acceptors (Lipinski definition) is 5. The van der Waals surface area contributed by atoms with Gasteiger partial charge in [-0.2, -0.15) is 10.1 Å². The molecule has 88 valence electrons. The number of nitrogen functional groups attached to an aromatic ring is 1. The number of aromatic nitrogens is 4. The minimum absolute atomic E-state index is 0.257. The van der Waals surface area contributed by atoms with Gasteiger partial charge in [-0.1, -0.05) is 18.2 Å². The first kappa shape index (κ1) is 10.4. The lowest BCUT2D eigenvalue weighted by molar-refractivity contribution is 0.927. The van der Waals surface area contributed by atoms with Crippen molar-refractivity contribution in [3.63, 3.8) is 0 Å². The summed E-state index contributed by atoms with van der Waals surface area (Å²) in [5.41, 5.74) is 6.47. The molecule has 0 unspecified atom stereocenters. The van der Waals surface area contributed by atoms with Crippen molar-refractivity contribution in [3.8, 4) is 5.69 Å². The number of benzene rings is 1. The molecule has 0 atom stereocenters. The molecule has 3 aromatic rings. The SMILES string of the molecule is Nc1c2ccnnc2nc(=O)n1-c1ccccc1. The number of nitrogens with two attached hydrogens (primary N) is 1. The fourth-order valence-electron chi connectivity index (χ4n) is 1.80. The molecular weight excluding hydrogens is 230 g/mol. The van der Waals surface area contributed by atoms with E-state index >= 15 is 0 Å². The van der Waals surface area contributed by atoms with E-state index in [0.29, 0.717) is 16.9 Å². The van der Waals surface area contributed by atoms with Crippen LogP contribution in [0.4, 0.5) is 5.82 Å². The van der Waals surface area contributed by atoms with Crippen molar-refractivity contribution < 1.29 is 0 Å². The summed E-state index contributed by atoms with van der Waals surface area (Å²) in [6, 6.07) is 10.8. The molecule has 6 nitrogen and oxygen atoms in total. The van der Waals surface area contributed by atoms with E-state index in [9.17, 15) is 4.79 Å². The van der Waals surface area contributed by atoms with E-state index in [0.717, 1.165) is 0 Å². The molecule has 0 spiro atoms. The first-order chi connectivity index (χ1) is 8.77. The Bertz CT molecular complexity index is 766. The zero-order chi connectivity index (χ0) is 12.5. The number of anilines is 1. The molecule has 2 N–H and O–H groups in total. The zero-order valence-corrected chi connectivity index (χ0v) is 9.32.